The van der Waals surface area contributed by atoms with Crippen LogP contribution in [0.25, 0.3) is 0 Å². The van der Waals surface area contributed by atoms with E-state index in [4.69, 9.17) is 18.7 Å². The van der Waals surface area contributed by atoms with E-state index in [9.17, 15) is 24.9 Å². The number of likely N-dealkylation sites (tertiary alicyclic amines) is 1. The zero-order valence-corrected chi connectivity index (χ0v) is 13.4. The molecular weight excluding hydrogens is 348 g/mol. The Hall–Kier alpha value is -2.11. The first-order chi connectivity index (χ1) is 13.5. The maximum Gasteiger partial charge on any atom is 0.335 e. The number of carboxylic acid groups (broad SMARTS) is 1. The van der Waals surface area contributed by atoms with Crippen LogP contribution < -0.4 is 0 Å². The standard InChI is InChI=1S/C16H20N2O8/c1-18-8(7-3-2-4-17-6-7)5-9(14(18)22)25-16-12(21)10(19)11(20)13(26-16)15(23)24/h2-4,6,8-13,16,19-21H,5H2,1H3,(H,23,24)/t8-,9+,10+,11+,12-,13+,16-/m0/s1/i1D3. The van der Waals surface area contributed by atoms with Crippen LogP contribution in [0.5, 0.6) is 0 Å². The van der Waals surface area contributed by atoms with Gasteiger partial charge in [0.15, 0.2) is 12.4 Å². The number of hydrogen-bond donors (Lipinski definition) is 4. The van der Waals surface area contributed by atoms with Gasteiger partial charge in [0.25, 0.3) is 5.91 Å². The summed E-state index contributed by atoms with van der Waals surface area (Å²) in [4.78, 5) is 28.5. The molecule has 7 atom stereocenters. The van der Waals surface area contributed by atoms with Crippen molar-refractivity contribution in [2.45, 2.75) is 49.3 Å². The average Bonchev–Trinajstić information content (AvgIpc) is 2.99. The number of likely N-dealkylation sites (N-methyl/N-ethyl adjacent to an activating group) is 1. The number of aliphatic carboxylic acids is 1. The second-order valence-electron chi connectivity index (χ2n) is 6.11. The molecule has 0 aliphatic carbocycles. The Bertz CT molecular complexity index is 764. The van der Waals surface area contributed by atoms with Gasteiger partial charge in [-0.3, -0.25) is 9.78 Å². The summed E-state index contributed by atoms with van der Waals surface area (Å²) >= 11 is 0. The Morgan fingerprint density at radius 1 is 1.38 bits per heavy atom. The lowest BCUT2D eigenvalue weighted by molar-refractivity contribution is -0.301. The van der Waals surface area contributed by atoms with Crippen LogP contribution in [0.2, 0.25) is 0 Å². The summed E-state index contributed by atoms with van der Waals surface area (Å²) in [6.45, 7) is -2.79. The zero-order valence-electron chi connectivity index (χ0n) is 16.4. The third-order valence-electron chi connectivity index (χ3n) is 4.44. The van der Waals surface area contributed by atoms with Crippen molar-refractivity contribution in [2.24, 2.45) is 0 Å². The summed E-state index contributed by atoms with van der Waals surface area (Å²) in [7, 11) is 0. The van der Waals surface area contributed by atoms with Crippen molar-refractivity contribution in [3.63, 3.8) is 0 Å². The van der Waals surface area contributed by atoms with Crippen LogP contribution in [0, 0.1) is 0 Å². The molecule has 1 amide bonds. The van der Waals surface area contributed by atoms with Gasteiger partial charge in [-0.15, -0.1) is 0 Å². The van der Waals surface area contributed by atoms with E-state index < -0.39 is 61.7 Å². The molecule has 2 fully saturated rings. The van der Waals surface area contributed by atoms with Crippen LogP contribution in [0.15, 0.2) is 24.5 Å². The number of rotatable bonds is 4. The fourth-order valence-corrected chi connectivity index (χ4v) is 3.02. The highest BCUT2D eigenvalue weighted by Gasteiger charge is 2.50. The fraction of sp³-hybridized carbons (Fsp3) is 0.562. The molecule has 142 valence electrons. The Balaban J connectivity index is 1.83. The number of carbonyl (C=O) groups is 2. The monoisotopic (exact) mass is 371 g/mol. The van der Waals surface area contributed by atoms with E-state index in [1.54, 1.807) is 12.1 Å². The van der Waals surface area contributed by atoms with E-state index in [1.807, 2.05) is 0 Å². The highest BCUT2D eigenvalue weighted by atomic mass is 16.7. The molecule has 3 rings (SSSR count). The Labute approximate surface area is 152 Å². The molecule has 3 heterocycles. The molecule has 10 heteroatoms. The molecule has 10 nitrogen and oxygen atoms in total. The van der Waals surface area contributed by atoms with Crippen molar-refractivity contribution >= 4 is 11.9 Å². The number of aliphatic hydroxyl groups excluding tert-OH is 3. The van der Waals surface area contributed by atoms with Gasteiger partial charge >= 0.3 is 5.97 Å². The van der Waals surface area contributed by atoms with Gasteiger partial charge < -0.3 is 34.8 Å². The van der Waals surface area contributed by atoms with Crippen molar-refractivity contribution in [1.29, 1.82) is 0 Å². The van der Waals surface area contributed by atoms with Gasteiger partial charge in [-0.25, -0.2) is 4.79 Å². The molecule has 2 aliphatic heterocycles. The molecule has 0 spiro atoms. The second-order valence-corrected chi connectivity index (χ2v) is 6.11. The molecule has 2 saturated heterocycles. The van der Waals surface area contributed by atoms with Crippen molar-refractivity contribution in [1.82, 2.24) is 9.88 Å². The highest BCUT2D eigenvalue weighted by Crippen LogP contribution is 2.34. The van der Waals surface area contributed by atoms with Crippen LogP contribution >= 0.6 is 0 Å². The molecule has 0 radical (unpaired) electrons. The molecule has 26 heavy (non-hydrogen) atoms. The van der Waals surface area contributed by atoms with Crippen molar-refractivity contribution < 1.29 is 43.6 Å². The van der Waals surface area contributed by atoms with Gasteiger partial charge in [0.05, 0.1) is 6.04 Å². The first kappa shape index (κ1) is 15.0. The first-order valence-corrected chi connectivity index (χ1v) is 7.83. The SMILES string of the molecule is [2H]C([2H])([2H])N1C(=O)[C@H](O[C@H]2O[C@@H](C(=O)O)[C@H](O)[C@@H](O)[C@@H]2O)C[C@H]1c1cccnc1. The molecule has 0 unspecified atom stereocenters. The number of aliphatic hydroxyl groups is 3. The van der Waals surface area contributed by atoms with Gasteiger partial charge in [0.2, 0.25) is 0 Å². The largest absolute Gasteiger partial charge is 0.479 e. The topological polar surface area (TPSA) is 150 Å². The van der Waals surface area contributed by atoms with E-state index in [1.165, 1.54) is 12.4 Å². The Morgan fingerprint density at radius 3 is 2.77 bits per heavy atom. The minimum atomic E-state index is -2.79. The van der Waals surface area contributed by atoms with E-state index in [0.29, 0.717) is 10.5 Å². The summed E-state index contributed by atoms with van der Waals surface area (Å²) in [5.74, 6) is -2.52. The molecule has 1 aromatic rings. The summed E-state index contributed by atoms with van der Waals surface area (Å²) in [6.07, 6.45) is -7.97. The van der Waals surface area contributed by atoms with Gasteiger partial charge in [-0.1, -0.05) is 6.07 Å². The number of amides is 1. The second kappa shape index (κ2) is 7.25. The van der Waals surface area contributed by atoms with Crippen molar-refractivity contribution in [3.8, 4) is 0 Å². The fourth-order valence-electron chi connectivity index (χ4n) is 3.02. The Morgan fingerprint density at radius 2 is 2.15 bits per heavy atom. The molecule has 0 saturated carbocycles. The summed E-state index contributed by atoms with van der Waals surface area (Å²) in [6, 6.07) is 2.27. The van der Waals surface area contributed by atoms with E-state index in [-0.39, 0.29) is 6.42 Å². The van der Waals surface area contributed by atoms with E-state index >= 15 is 0 Å². The van der Waals surface area contributed by atoms with Crippen LogP contribution in [-0.2, 0) is 19.1 Å². The maximum atomic E-state index is 12.7. The molecule has 1 aromatic heterocycles. The third kappa shape index (κ3) is 3.29. The lowest BCUT2D eigenvalue weighted by atomic mass is 9.99. The molecule has 2 aliphatic rings. The predicted octanol–water partition coefficient (Wildman–Crippen LogP) is -1.74. The number of carboxylic acids is 1. The molecule has 0 bridgehead atoms. The molecule has 4 N–H and O–H groups in total. The van der Waals surface area contributed by atoms with Crippen LogP contribution in [-0.4, -0.2) is 86.0 Å². The van der Waals surface area contributed by atoms with Gasteiger partial charge in [-0.05, 0) is 11.6 Å². The minimum Gasteiger partial charge on any atom is -0.479 e. The maximum absolute atomic E-state index is 12.7. The van der Waals surface area contributed by atoms with Crippen LogP contribution in [0.1, 0.15) is 22.1 Å². The third-order valence-corrected chi connectivity index (χ3v) is 4.44. The summed E-state index contributed by atoms with van der Waals surface area (Å²) < 4.78 is 33.4. The lowest BCUT2D eigenvalue weighted by Gasteiger charge is -2.39. The van der Waals surface area contributed by atoms with Gasteiger partial charge in [-0.2, -0.15) is 0 Å². The average molecular weight is 371 g/mol. The normalized spacial score (nSPS) is 40.0. The number of pyridine rings is 1. The quantitative estimate of drug-likeness (QED) is 0.484. The molecule has 0 aromatic carbocycles. The van der Waals surface area contributed by atoms with Crippen LogP contribution in [0.4, 0.5) is 0 Å². The number of ether oxygens (including phenoxy) is 2. The Kier molecular flexibility index (Phi) is 4.18. The zero-order chi connectivity index (χ0) is 21.5. The van der Waals surface area contributed by atoms with Gasteiger partial charge in [0, 0.05) is 29.9 Å². The van der Waals surface area contributed by atoms with E-state index in [2.05, 4.69) is 4.98 Å². The van der Waals surface area contributed by atoms with Crippen molar-refractivity contribution in [2.75, 3.05) is 6.98 Å². The summed E-state index contributed by atoms with van der Waals surface area (Å²) in [5, 5.41) is 38.7. The summed E-state index contributed by atoms with van der Waals surface area (Å²) in [5.41, 5.74) is 0.451. The minimum absolute atomic E-state index is 0.133. The van der Waals surface area contributed by atoms with E-state index in [0.717, 1.165) is 0 Å². The van der Waals surface area contributed by atoms with Gasteiger partial charge in [0.1, 0.15) is 24.4 Å². The lowest BCUT2D eigenvalue weighted by Crippen LogP contribution is -2.61. The number of carbonyl (C=O) groups excluding carboxylic acids is 1. The number of hydrogen-bond acceptors (Lipinski definition) is 8. The van der Waals surface area contributed by atoms with Crippen LogP contribution in [0.3, 0.4) is 0 Å². The highest BCUT2D eigenvalue weighted by molar-refractivity contribution is 5.83. The smallest absolute Gasteiger partial charge is 0.335 e. The molecular formula is C16H20N2O8. The van der Waals surface area contributed by atoms with Crippen molar-refractivity contribution in [3.05, 3.63) is 30.1 Å². The predicted molar refractivity (Wildman–Crippen MR) is 83.6 cm³/mol. The first-order valence-electron chi connectivity index (χ1n) is 9.33. The number of aromatic nitrogens is 1. The number of nitrogens with zero attached hydrogens (tertiary/aromatic N) is 2.